The van der Waals surface area contributed by atoms with E-state index in [1.54, 1.807) is 0 Å². The van der Waals surface area contributed by atoms with Gasteiger partial charge in [-0.05, 0) is 13.3 Å². The van der Waals surface area contributed by atoms with Crippen molar-refractivity contribution in [2.45, 2.75) is 26.7 Å². The van der Waals surface area contributed by atoms with Crippen LogP contribution < -0.4 is 10.6 Å². The number of carbonyl (C=O) groups is 1. The van der Waals surface area contributed by atoms with E-state index in [9.17, 15) is 4.79 Å². The van der Waals surface area contributed by atoms with E-state index in [1.807, 2.05) is 6.92 Å². The summed E-state index contributed by atoms with van der Waals surface area (Å²) in [6.45, 7) is 5.54. The van der Waals surface area contributed by atoms with Crippen LogP contribution >= 0.6 is 11.3 Å². The molecule has 5 nitrogen and oxygen atoms in total. The molecule has 0 aromatic carbocycles. The van der Waals surface area contributed by atoms with Crippen molar-refractivity contribution in [2.75, 3.05) is 18.4 Å². The average Bonchev–Trinajstić information content (AvgIpc) is 2.67. The molecule has 0 saturated carbocycles. The summed E-state index contributed by atoms with van der Waals surface area (Å²) in [6.07, 6.45) is 2.06. The predicted octanol–water partition coefficient (Wildman–Crippen LogP) is 1.50. The van der Waals surface area contributed by atoms with Crippen LogP contribution in [-0.2, 0) is 0 Å². The zero-order valence-corrected chi connectivity index (χ0v) is 9.86. The number of unbranched alkanes of at least 4 members (excludes halogenated alkanes) is 1. The third-order valence-electron chi connectivity index (χ3n) is 1.76. The average molecular weight is 228 g/mol. The summed E-state index contributed by atoms with van der Waals surface area (Å²) in [7, 11) is 0. The standard InChI is InChI=1S/C9H16N4OS/c1-3-5-6-11-7(14)8-12-13-9(15-8)10-4-2/h3-6H2,1-2H3,(H,10,13)(H,11,14). The monoisotopic (exact) mass is 228 g/mol. The summed E-state index contributed by atoms with van der Waals surface area (Å²) in [4.78, 5) is 11.5. The molecule has 1 rings (SSSR count). The van der Waals surface area contributed by atoms with E-state index >= 15 is 0 Å². The van der Waals surface area contributed by atoms with Gasteiger partial charge in [-0.25, -0.2) is 0 Å². The summed E-state index contributed by atoms with van der Waals surface area (Å²) in [6, 6.07) is 0. The van der Waals surface area contributed by atoms with Crippen molar-refractivity contribution in [3.63, 3.8) is 0 Å². The molecule has 6 heteroatoms. The van der Waals surface area contributed by atoms with Gasteiger partial charge in [0.2, 0.25) is 10.1 Å². The normalized spacial score (nSPS) is 10.0. The highest BCUT2D eigenvalue weighted by Gasteiger charge is 2.11. The minimum absolute atomic E-state index is 0.134. The Morgan fingerprint density at radius 3 is 2.87 bits per heavy atom. The van der Waals surface area contributed by atoms with Crippen molar-refractivity contribution in [1.82, 2.24) is 15.5 Å². The van der Waals surface area contributed by atoms with Crippen LogP contribution in [0.4, 0.5) is 5.13 Å². The lowest BCUT2D eigenvalue weighted by atomic mass is 10.3. The van der Waals surface area contributed by atoms with Gasteiger partial charge < -0.3 is 10.6 Å². The zero-order chi connectivity index (χ0) is 11.1. The maximum atomic E-state index is 11.5. The SMILES string of the molecule is CCCCNC(=O)c1nnc(NCC)s1. The van der Waals surface area contributed by atoms with Crippen LogP contribution in [0.1, 0.15) is 36.5 Å². The molecule has 1 heterocycles. The molecule has 0 unspecified atom stereocenters. The lowest BCUT2D eigenvalue weighted by Crippen LogP contribution is -2.24. The number of hydrogen-bond acceptors (Lipinski definition) is 5. The molecule has 0 spiro atoms. The fraction of sp³-hybridized carbons (Fsp3) is 0.667. The molecule has 1 aromatic heterocycles. The molecule has 84 valence electrons. The molecule has 0 atom stereocenters. The molecule has 0 aliphatic rings. The van der Waals surface area contributed by atoms with Crippen LogP contribution in [0, 0.1) is 0 Å². The van der Waals surface area contributed by atoms with Gasteiger partial charge in [0.25, 0.3) is 5.91 Å². The first-order valence-electron chi connectivity index (χ1n) is 5.13. The maximum absolute atomic E-state index is 11.5. The molecule has 0 bridgehead atoms. The van der Waals surface area contributed by atoms with Gasteiger partial charge in [-0.15, -0.1) is 10.2 Å². The van der Waals surface area contributed by atoms with Crippen LogP contribution in [0.5, 0.6) is 0 Å². The highest BCUT2D eigenvalue weighted by Crippen LogP contribution is 2.14. The van der Waals surface area contributed by atoms with Crippen molar-refractivity contribution in [3.05, 3.63) is 5.01 Å². The fourth-order valence-electron chi connectivity index (χ4n) is 0.992. The van der Waals surface area contributed by atoms with E-state index in [1.165, 1.54) is 11.3 Å². The van der Waals surface area contributed by atoms with Gasteiger partial charge in [0.1, 0.15) is 0 Å². The van der Waals surface area contributed by atoms with Crippen molar-refractivity contribution < 1.29 is 4.79 Å². The summed E-state index contributed by atoms with van der Waals surface area (Å²) >= 11 is 1.28. The van der Waals surface area contributed by atoms with Crippen LogP contribution in [0.3, 0.4) is 0 Å². The molecule has 0 saturated heterocycles. The second-order valence-electron chi connectivity index (χ2n) is 3.05. The van der Waals surface area contributed by atoms with Crippen molar-refractivity contribution in [1.29, 1.82) is 0 Å². The molecule has 0 aliphatic heterocycles. The Balaban J connectivity index is 2.43. The van der Waals surface area contributed by atoms with Gasteiger partial charge in [-0.2, -0.15) is 0 Å². The number of nitrogens with one attached hydrogen (secondary N) is 2. The Morgan fingerprint density at radius 1 is 1.40 bits per heavy atom. The number of anilines is 1. The number of nitrogens with zero attached hydrogens (tertiary/aromatic N) is 2. The van der Waals surface area contributed by atoms with Gasteiger partial charge in [-0.3, -0.25) is 4.79 Å². The highest BCUT2D eigenvalue weighted by atomic mass is 32.1. The quantitative estimate of drug-likeness (QED) is 0.724. The Hall–Kier alpha value is -1.17. The van der Waals surface area contributed by atoms with Crippen molar-refractivity contribution in [2.24, 2.45) is 0 Å². The smallest absolute Gasteiger partial charge is 0.282 e. The fourth-order valence-corrected chi connectivity index (χ4v) is 1.72. The van der Waals surface area contributed by atoms with Crippen LogP contribution in [-0.4, -0.2) is 29.2 Å². The minimum atomic E-state index is -0.134. The second-order valence-corrected chi connectivity index (χ2v) is 4.03. The number of rotatable bonds is 6. The molecule has 0 radical (unpaired) electrons. The third kappa shape index (κ3) is 3.83. The lowest BCUT2D eigenvalue weighted by Gasteiger charge is -1.99. The van der Waals surface area contributed by atoms with E-state index in [0.29, 0.717) is 16.7 Å². The topological polar surface area (TPSA) is 66.9 Å². The first-order valence-corrected chi connectivity index (χ1v) is 5.95. The van der Waals surface area contributed by atoms with E-state index < -0.39 is 0 Å². The molecule has 15 heavy (non-hydrogen) atoms. The van der Waals surface area contributed by atoms with E-state index in [2.05, 4.69) is 27.8 Å². The Labute approximate surface area is 93.3 Å². The van der Waals surface area contributed by atoms with Gasteiger partial charge in [-0.1, -0.05) is 24.7 Å². The molecule has 1 amide bonds. The Morgan fingerprint density at radius 2 is 2.20 bits per heavy atom. The lowest BCUT2D eigenvalue weighted by molar-refractivity contribution is 0.0952. The molecule has 0 aliphatic carbocycles. The number of aromatic nitrogens is 2. The first-order chi connectivity index (χ1) is 7.27. The van der Waals surface area contributed by atoms with E-state index in [0.717, 1.165) is 19.4 Å². The Kier molecular flexibility index (Phi) is 5.03. The number of amides is 1. The third-order valence-corrected chi connectivity index (χ3v) is 2.64. The maximum Gasteiger partial charge on any atom is 0.282 e. The molecule has 1 aromatic rings. The summed E-state index contributed by atoms with van der Waals surface area (Å²) < 4.78 is 0. The summed E-state index contributed by atoms with van der Waals surface area (Å²) in [5.41, 5.74) is 0. The van der Waals surface area contributed by atoms with Crippen LogP contribution in [0.15, 0.2) is 0 Å². The van der Waals surface area contributed by atoms with E-state index in [-0.39, 0.29) is 5.91 Å². The molecule has 0 fully saturated rings. The largest absolute Gasteiger partial charge is 0.360 e. The van der Waals surface area contributed by atoms with Gasteiger partial charge in [0, 0.05) is 13.1 Å². The number of carbonyl (C=O) groups excluding carboxylic acids is 1. The first kappa shape index (κ1) is 11.9. The predicted molar refractivity (Wildman–Crippen MR) is 61.3 cm³/mol. The van der Waals surface area contributed by atoms with Crippen LogP contribution in [0.2, 0.25) is 0 Å². The van der Waals surface area contributed by atoms with Crippen molar-refractivity contribution in [3.8, 4) is 0 Å². The van der Waals surface area contributed by atoms with E-state index in [4.69, 9.17) is 0 Å². The summed E-state index contributed by atoms with van der Waals surface area (Å²) in [5.74, 6) is -0.134. The molecular weight excluding hydrogens is 212 g/mol. The summed E-state index contributed by atoms with van der Waals surface area (Å²) in [5, 5.41) is 14.6. The Bertz CT molecular complexity index is 313. The highest BCUT2D eigenvalue weighted by molar-refractivity contribution is 7.17. The van der Waals surface area contributed by atoms with Gasteiger partial charge >= 0.3 is 0 Å². The molecule has 2 N–H and O–H groups in total. The van der Waals surface area contributed by atoms with Crippen molar-refractivity contribution >= 4 is 22.4 Å². The minimum Gasteiger partial charge on any atom is -0.360 e. The second kappa shape index (κ2) is 6.34. The van der Waals surface area contributed by atoms with Gasteiger partial charge in [0.05, 0.1) is 0 Å². The number of hydrogen-bond donors (Lipinski definition) is 2. The zero-order valence-electron chi connectivity index (χ0n) is 9.04. The molecular formula is C9H16N4OS. The van der Waals surface area contributed by atoms with Crippen LogP contribution in [0.25, 0.3) is 0 Å². The van der Waals surface area contributed by atoms with Gasteiger partial charge in [0.15, 0.2) is 0 Å².